The Bertz CT molecular complexity index is 1100. The number of nitrogens with zero attached hydrogens (tertiary/aromatic N) is 3. The van der Waals surface area contributed by atoms with Crippen molar-refractivity contribution in [1.29, 1.82) is 0 Å². The first-order valence-corrected chi connectivity index (χ1v) is 11.1. The number of fused-ring (bicyclic) bond motifs is 1. The average molecular weight is 437 g/mol. The number of amides is 1. The standard InChI is InChI=1S/C25H29FN4O2/c1-3-32-25(31)30-11-9-29(10-12-30)24-21(15-20-13-18(2)7-8-23(20)28-24)17-27-16-19-5-4-6-22(26)14-19/h4-8,13-15,27H,3,9-12,16-17H2,1-2H3. The van der Waals surface area contributed by atoms with Gasteiger partial charge in [0.15, 0.2) is 0 Å². The zero-order chi connectivity index (χ0) is 22.5. The van der Waals surface area contributed by atoms with Crippen molar-refractivity contribution in [3.05, 3.63) is 71.0 Å². The molecule has 7 heteroatoms. The van der Waals surface area contributed by atoms with Crippen LogP contribution >= 0.6 is 0 Å². The molecule has 1 aliphatic rings. The van der Waals surface area contributed by atoms with Crippen molar-refractivity contribution in [2.75, 3.05) is 37.7 Å². The molecule has 1 aliphatic heterocycles. The van der Waals surface area contributed by atoms with Gasteiger partial charge in [0.25, 0.3) is 0 Å². The zero-order valence-corrected chi connectivity index (χ0v) is 18.6. The molecule has 0 spiro atoms. The topological polar surface area (TPSA) is 57.7 Å². The summed E-state index contributed by atoms with van der Waals surface area (Å²) < 4.78 is 18.6. The number of ether oxygens (including phenoxy) is 1. The van der Waals surface area contributed by atoms with Crippen LogP contribution in [0.4, 0.5) is 15.0 Å². The SMILES string of the molecule is CCOC(=O)N1CCN(c2nc3ccc(C)cc3cc2CNCc2cccc(F)c2)CC1. The van der Waals surface area contributed by atoms with E-state index in [1.54, 1.807) is 17.0 Å². The highest BCUT2D eigenvalue weighted by molar-refractivity contribution is 5.82. The first kappa shape index (κ1) is 22.0. The van der Waals surface area contributed by atoms with Crippen molar-refractivity contribution in [3.8, 4) is 0 Å². The third-order valence-electron chi connectivity index (χ3n) is 5.67. The van der Waals surface area contributed by atoms with Crippen molar-refractivity contribution in [1.82, 2.24) is 15.2 Å². The molecule has 1 aromatic heterocycles. The third kappa shape index (κ3) is 5.16. The first-order valence-electron chi connectivity index (χ1n) is 11.1. The van der Waals surface area contributed by atoms with E-state index in [1.165, 1.54) is 11.6 Å². The smallest absolute Gasteiger partial charge is 0.409 e. The summed E-state index contributed by atoms with van der Waals surface area (Å²) in [6.45, 7) is 8.04. The first-order chi connectivity index (χ1) is 15.5. The number of hydrogen-bond acceptors (Lipinski definition) is 5. The molecule has 0 unspecified atom stereocenters. The highest BCUT2D eigenvalue weighted by atomic mass is 19.1. The number of carbonyl (C=O) groups excluding carboxylic acids is 1. The summed E-state index contributed by atoms with van der Waals surface area (Å²) in [5, 5.41) is 4.53. The van der Waals surface area contributed by atoms with Crippen molar-refractivity contribution in [2.45, 2.75) is 26.9 Å². The van der Waals surface area contributed by atoms with Gasteiger partial charge < -0.3 is 19.9 Å². The van der Waals surface area contributed by atoms with Gasteiger partial charge in [-0.05, 0) is 49.7 Å². The maximum atomic E-state index is 13.5. The highest BCUT2D eigenvalue weighted by Gasteiger charge is 2.24. The summed E-state index contributed by atoms with van der Waals surface area (Å²) in [5.41, 5.74) is 4.13. The number of benzene rings is 2. The van der Waals surface area contributed by atoms with Crippen LogP contribution in [0.15, 0.2) is 48.5 Å². The van der Waals surface area contributed by atoms with Crippen molar-refractivity contribution in [3.63, 3.8) is 0 Å². The molecule has 0 radical (unpaired) electrons. The Labute approximate surface area is 188 Å². The van der Waals surface area contributed by atoms with Gasteiger partial charge in [-0.25, -0.2) is 14.2 Å². The maximum absolute atomic E-state index is 13.5. The van der Waals surface area contributed by atoms with Gasteiger partial charge in [-0.1, -0.05) is 23.8 Å². The molecule has 1 N–H and O–H groups in total. The lowest BCUT2D eigenvalue weighted by molar-refractivity contribution is 0.105. The molecule has 2 aromatic carbocycles. The second-order valence-corrected chi connectivity index (χ2v) is 8.07. The summed E-state index contributed by atoms with van der Waals surface area (Å²) in [4.78, 5) is 21.0. The van der Waals surface area contributed by atoms with Gasteiger partial charge in [-0.15, -0.1) is 0 Å². The molecule has 0 atom stereocenters. The number of anilines is 1. The Balaban J connectivity index is 1.53. The monoisotopic (exact) mass is 436 g/mol. The van der Waals surface area contributed by atoms with Crippen molar-refractivity contribution < 1.29 is 13.9 Å². The number of hydrogen-bond donors (Lipinski definition) is 1. The van der Waals surface area contributed by atoms with Crippen LogP contribution in [0, 0.1) is 12.7 Å². The lowest BCUT2D eigenvalue weighted by Crippen LogP contribution is -2.49. The molecule has 3 aromatic rings. The number of aryl methyl sites for hydroxylation is 1. The summed E-state index contributed by atoms with van der Waals surface area (Å²) in [6.07, 6.45) is -0.258. The molecule has 2 heterocycles. The second-order valence-electron chi connectivity index (χ2n) is 8.07. The Morgan fingerprint density at radius 3 is 2.66 bits per heavy atom. The van der Waals surface area contributed by atoms with Gasteiger partial charge in [-0.3, -0.25) is 0 Å². The van der Waals surface area contributed by atoms with E-state index in [-0.39, 0.29) is 11.9 Å². The van der Waals surface area contributed by atoms with Crippen LogP contribution in [0.25, 0.3) is 10.9 Å². The molecule has 32 heavy (non-hydrogen) atoms. The fraction of sp³-hybridized carbons (Fsp3) is 0.360. The summed E-state index contributed by atoms with van der Waals surface area (Å²) in [5.74, 6) is 0.698. The van der Waals surface area contributed by atoms with Gasteiger partial charge in [-0.2, -0.15) is 0 Å². The van der Waals surface area contributed by atoms with Crippen LogP contribution in [0.2, 0.25) is 0 Å². The average Bonchev–Trinajstić information content (AvgIpc) is 2.79. The van der Waals surface area contributed by atoms with Crippen LogP contribution < -0.4 is 10.2 Å². The number of piperazine rings is 1. The van der Waals surface area contributed by atoms with Gasteiger partial charge in [0.1, 0.15) is 11.6 Å². The lowest BCUT2D eigenvalue weighted by Gasteiger charge is -2.35. The van der Waals surface area contributed by atoms with Crippen LogP contribution in [0.3, 0.4) is 0 Å². The highest BCUT2D eigenvalue weighted by Crippen LogP contribution is 2.26. The van der Waals surface area contributed by atoms with E-state index in [0.717, 1.165) is 27.8 Å². The Morgan fingerprint density at radius 2 is 1.91 bits per heavy atom. The van der Waals surface area contributed by atoms with E-state index in [0.29, 0.717) is 45.9 Å². The summed E-state index contributed by atoms with van der Waals surface area (Å²) in [6, 6.07) is 15.1. The molecule has 0 bridgehead atoms. The number of carbonyl (C=O) groups is 1. The van der Waals surface area contributed by atoms with Crippen LogP contribution in [0.5, 0.6) is 0 Å². The van der Waals surface area contributed by atoms with Crippen molar-refractivity contribution >= 4 is 22.8 Å². The van der Waals surface area contributed by atoms with E-state index in [4.69, 9.17) is 9.72 Å². The van der Waals surface area contributed by atoms with Crippen LogP contribution in [-0.2, 0) is 17.8 Å². The number of nitrogens with one attached hydrogen (secondary N) is 1. The number of pyridine rings is 1. The fourth-order valence-electron chi connectivity index (χ4n) is 4.04. The van der Waals surface area contributed by atoms with Gasteiger partial charge in [0, 0.05) is 50.2 Å². The Kier molecular flexibility index (Phi) is 6.85. The minimum absolute atomic E-state index is 0.229. The third-order valence-corrected chi connectivity index (χ3v) is 5.67. The second kappa shape index (κ2) is 9.96. The number of halogens is 1. The Morgan fingerprint density at radius 1 is 1.09 bits per heavy atom. The van der Waals surface area contributed by atoms with E-state index < -0.39 is 0 Å². The molecular weight excluding hydrogens is 407 g/mol. The van der Waals surface area contributed by atoms with E-state index in [2.05, 4.69) is 35.3 Å². The largest absolute Gasteiger partial charge is 0.450 e. The minimum atomic E-state index is -0.258. The maximum Gasteiger partial charge on any atom is 0.409 e. The predicted molar refractivity (Wildman–Crippen MR) is 124 cm³/mol. The number of aromatic nitrogens is 1. The fourth-order valence-corrected chi connectivity index (χ4v) is 4.04. The van der Waals surface area contributed by atoms with Crippen LogP contribution in [-0.4, -0.2) is 48.8 Å². The minimum Gasteiger partial charge on any atom is -0.450 e. The molecule has 1 amide bonds. The molecule has 0 saturated carbocycles. The molecule has 4 rings (SSSR count). The number of rotatable bonds is 6. The van der Waals surface area contributed by atoms with Gasteiger partial charge >= 0.3 is 6.09 Å². The molecule has 1 fully saturated rings. The van der Waals surface area contributed by atoms with Crippen LogP contribution in [0.1, 0.15) is 23.6 Å². The molecule has 6 nitrogen and oxygen atoms in total. The molecule has 0 aliphatic carbocycles. The van der Waals surface area contributed by atoms with E-state index >= 15 is 0 Å². The molecular formula is C25H29FN4O2. The Hall–Kier alpha value is -3.19. The van der Waals surface area contributed by atoms with E-state index in [9.17, 15) is 9.18 Å². The van der Waals surface area contributed by atoms with Gasteiger partial charge in [0.2, 0.25) is 0 Å². The quantitative estimate of drug-likeness (QED) is 0.626. The van der Waals surface area contributed by atoms with Gasteiger partial charge in [0.05, 0.1) is 12.1 Å². The van der Waals surface area contributed by atoms with Crippen molar-refractivity contribution in [2.24, 2.45) is 0 Å². The predicted octanol–water partition coefficient (Wildman–Crippen LogP) is 4.25. The zero-order valence-electron chi connectivity index (χ0n) is 18.6. The lowest BCUT2D eigenvalue weighted by atomic mass is 10.1. The summed E-state index contributed by atoms with van der Waals surface area (Å²) >= 11 is 0. The van der Waals surface area contributed by atoms with E-state index in [1.807, 2.05) is 19.1 Å². The summed E-state index contributed by atoms with van der Waals surface area (Å²) in [7, 11) is 0. The molecule has 1 saturated heterocycles. The normalized spacial score (nSPS) is 14.1. The molecule has 168 valence electrons.